The van der Waals surface area contributed by atoms with Crippen LogP contribution in [0.25, 0.3) is 0 Å². The molecule has 0 saturated carbocycles. The number of hydrogen-bond donors (Lipinski definition) is 1. The van der Waals surface area contributed by atoms with Gasteiger partial charge in [-0.25, -0.2) is 8.78 Å². The molecule has 0 unspecified atom stereocenters. The third-order valence-corrected chi connectivity index (χ3v) is 2.10. The van der Waals surface area contributed by atoms with Crippen molar-refractivity contribution in [3.63, 3.8) is 0 Å². The average molecular weight is 269 g/mol. The van der Waals surface area contributed by atoms with Gasteiger partial charge >= 0.3 is 6.18 Å². The first-order chi connectivity index (χ1) is 8.34. The van der Waals surface area contributed by atoms with Gasteiger partial charge in [-0.3, -0.25) is 0 Å². The molecule has 1 aromatic rings. The molecule has 0 aromatic heterocycles. The summed E-state index contributed by atoms with van der Waals surface area (Å²) >= 11 is 0. The maximum Gasteiger partial charge on any atom is 0.419 e. The van der Waals surface area contributed by atoms with Crippen LogP contribution in [0.2, 0.25) is 0 Å². The van der Waals surface area contributed by atoms with E-state index in [4.69, 9.17) is 0 Å². The molecule has 2 nitrogen and oxygen atoms in total. The predicted molar refractivity (Wildman–Crippen MR) is 55.7 cm³/mol. The monoisotopic (exact) mass is 269 g/mol. The molecule has 18 heavy (non-hydrogen) atoms. The Morgan fingerprint density at radius 3 is 2.44 bits per heavy atom. The molecule has 0 spiro atoms. The highest BCUT2D eigenvalue weighted by molar-refractivity contribution is 5.39. The lowest BCUT2D eigenvalue weighted by atomic mass is 10.1. The Hall–Kier alpha value is -1.37. The number of benzene rings is 1. The summed E-state index contributed by atoms with van der Waals surface area (Å²) in [6.07, 6.45) is -7.45. The Morgan fingerprint density at radius 2 is 1.94 bits per heavy atom. The number of nitrogens with one attached hydrogen (secondary N) is 1. The molecule has 0 aliphatic rings. The van der Waals surface area contributed by atoms with Crippen molar-refractivity contribution in [3.05, 3.63) is 29.3 Å². The van der Waals surface area contributed by atoms with Crippen molar-refractivity contribution < 1.29 is 26.7 Å². The molecule has 0 heterocycles. The van der Waals surface area contributed by atoms with Gasteiger partial charge in [0.15, 0.2) is 0 Å². The lowest BCUT2D eigenvalue weighted by Gasteiger charge is -2.15. The highest BCUT2D eigenvalue weighted by Gasteiger charge is 2.34. The molecule has 7 heteroatoms. The van der Waals surface area contributed by atoms with Crippen LogP contribution in [0, 0.1) is 0 Å². The van der Waals surface area contributed by atoms with Gasteiger partial charge in [-0.1, -0.05) is 6.07 Å². The van der Waals surface area contributed by atoms with E-state index in [1.165, 1.54) is 6.07 Å². The molecule has 0 bridgehead atoms. The Kier molecular flexibility index (Phi) is 4.89. The van der Waals surface area contributed by atoms with E-state index in [0.29, 0.717) is 5.56 Å². The minimum absolute atomic E-state index is 0.248. The molecule has 0 atom stereocenters. The van der Waals surface area contributed by atoms with Crippen molar-refractivity contribution >= 4 is 0 Å². The summed E-state index contributed by atoms with van der Waals surface area (Å²) in [5.41, 5.74) is -0.648. The largest absolute Gasteiger partial charge is 0.487 e. The van der Waals surface area contributed by atoms with E-state index in [-0.39, 0.29) is 6.54 Å². The van der Waals surface area contributed by atoms with Crippen molar-refractivity contribution in [2.75, 3.05) is 13.7 Å². The highest BCUT2D eigenvalue weighted by Crippen LogP contribution is 2.37. The Bertz CT molecular complexity index is 392. The first-order valence-electron chi connectivity index (χ1n) is 5.10. The first-order valence-corrected chi connectivity index (χ1v) is 5.10. The van der Waals surface area contributed by atoms with Crippen LogP contribution in [0.3, 0.4) is 0 Å². The Balaban J connectivity index is 3.01. The van der Waals surface area contributed by atoms with Crippen LogP contribution >= 0.6 is 0 Å². The van der Waals surface area contributed by atoms with Gasteiger partial charge in [0.05, 0.1) is 5.56 Å². The van der Waals surface area contributed by atoms with E-state index in [2.05, 4.69) is 10.1 Å². The first kappa shape index (κ1) is 14.7. The standard InChI is InChI=1S/C11H12F5NO/c1-17-5-7-2-3-9(18-6-10(12)13)8(4-7)11(14,15)16/h2-4,10,17H,5-6H2,1H3. The molecule has 0 saturated heterocycles. The molecule has 1 N–H and O–H groups in total. The van der Waals surface area contributed by atoms with Crippen LogP contribution in [0.4, 0.5) is 22.0 Å². The third kappa shape index (κ3) is 4.14. The summed E-state index contributed by atoms with van der Waals surface area (Å²) < 4.78 is 66.4. The highest BCUT2D eigenvalue weighted by atomic mass is 19.4. The van der Waals surface area contributed by atoms with Crippen LogP contribution in [0.1, 0.15) is 11.1 Å². The van der Waals surface area contributed by atoms with Crippen LogP contribution in [-0.2, 0) is 12.7 Å². The Labute approximate surface area is 101 Å². The number of halogens is 5. The molecule has 1 rings (SSSR count). The lowest BCUT2D eigenvalue weighted by Crippen LogP contribution is -2.14. The molecule has 0 aliphatic heterocycles. The van der Waals surface area contributed by atoms with E-state index in [1.54, 1.807) is 7.05 Å². The van der Waals surface area contributed by atoms with Gasteiger partial charge in [-0.15, -0.1) is 0 Å². The second kappa shape index (κ2) is 5.99. The van der Waals surface area contributed by atoms with E-state index in [0.717, 1.165) is 12.1 Å². The summed E-state index contributed by atoms with van der Waals surface area (Å²) in [5, 5.41) is 2.70. The number of alkyl halides is 5. The maximum atomic E-state index is 12.7. The topological polar surface area (TPSA) is 21.3 Å². The van der Waals surface area contributed by atoms with Crippen LogP contribution in [0.15, 0.2) is 18.2 Å². The van der Waals surface area contributed by atoms with Gasteiger partial charge in [0.2, 0.25) is 0 Å². The van der Waals surface area contributed by atoms with E-state index < -0.39 is 30.5 Å². The fraction of sp³-hybridized carbons (Fsp3) is 0.455. The number of rotatable bonds is 5. The zero-order valence-electron chi connectivity index (χ0n) is 9.52. The normalized spacial score (nSPS) is 11.9. The predicted octanol–water partition coefficient (Wildman–Crippen LogP) is 3.07. The number of ether oxygens (including phenoxy) is 1. The van der Waals surface area contributed by atoms with Crippen molar-refractivity contribution in [3.8, 4) is 5.75 Å². The SMILES string of the molecule is CNCc1ccc(OCC(F)F)c(C(F)(F)F)c1. The summed E-state index contributed by atoms with van der Waals surface area (Å²) in [6, 6.07) is 3.34. The minimum Gasteiger partial charge on any atom is -0.487 e. The van der Waals surface area contributed by atoms with Gasteiger partial charge < -0.3 is 10.1 Å². The van der Waals surface area contributed by atoms with Gasteiger partial charge in [-0.2, -0.15) is 13.2 Å². The van der Waals surface area contributed by atoms with Crippen molar-refractivity contribution in [1.29, 1.82) is 0 Å². The smallest absolute Gasteiger partial charge is 0.419 e. The van der Waals surface area contributed by atoms with Crippen LogP contribution < -0.4 is 10.1 Å². The third-order valence-electron chi connectivity index (χ3n) is 2.10. The second-order valence-electron chi connectivity index (χ2n) is 3.56. The van der Waals surface area contributed by atoms with Gasteiger partial charge in [0.1, 0.15) is 12.4 Å². The fourth-order valence-corrected chi connectivity index (χ4v) is 1.39. The fourth-order valence-electron chi connectivity index (χ4n) is 1.39. The quantitative estimate of drug-likeness (QED) is 0.829. The summed E-state index contributed by atoms with van der Waals surface area (Å²) in [5.74, 6) is -0.581. The van der Waals surface area contributed by atoms with Crippen molar-refractivity contribution in [2.45, 2.75) is 19.1 Å². The summed E-state index contributed by atoms with van der Waals surface area (Å²) in [4.78, 5) is 0. The number of hydrogen-bond acceptors (Lipinski definition) is 2. The molecular formula is C11H12F5NO. The summed E-state index contributed by atoms with van der Waals surface area (Å²) in [6.45, 7) is -0.813. The summed E-state index contributed by atoms with van der Waals surface area (Å²) in [7, 11) is 1.59. The molecule has 0 radical (unpaired) electrons. The van der Waals surface area contributed by atoms with Crippen LogP contribution in [-0.4, -0.2) is 20.1 Å². The molecule has 0 amide bonds. The zero-order chi connectivity index (χ0) is 13.8. The van der Waals surface area contributed by atoms with Gasteiger partial charge in [0, 0.05) is 6.54 Å². The van der Waals surface area contributed by atoms with E-state index in [9.17, 15) is 22.0 Å². The van der Waals surface area contributed by atoms with Gasteiger partial charge in [0.25, 0.3) is 6.43 Å². The molecule has 0 fully saturated rings. The molecular weight excluding hydrogens is 257 g/mol. The lowest BCUT2D eigenvalue weighted by molar-refractivity contribution is -0.139. The molecule has 0 aliphatic carbocycles. The molecule has 102 valence electrons. The van der Waals surface area contributed by atoms with Gasteiger partial charge in [-0.05, 0) is 24.7 Å². The minimum atomic E-state index is -4.64. The zero-order valence-corrected chi connectivity index (χ0v) is 9.52. The van der Waals surface area contributed by atoms with E-state index in [1.807, 2.05) is 0 Å². The molecule has 1 aromatic carbocycles. The Morgan fingerprint density at radius 1 is 1.28 bits per heavy atom. The second-order valence-corrected chi connectivity index (χ2v) is 3.56. The van der Waals surface area contributed by atoms with Crippen LogP contribution in [0.5, 0.6) is 5.75 Å². The maximum absolute atomic E-state index is 12.7. The van der Waals surface area contributed by atoms with E-state index >= 15 is 0 Å². The average Bonchev–Trinajstić information content (AvgIpc) is 2.26. The van der Waals surface area contributed by atoms with Crippen molar-refractivity contribution in [2.24, 2.45) is 0 Å². The van der Waals surface area contributed by atoms with Crippen molar-refractivity contribution in [1.82, 2.24) is 5.32 Å².